The number of hydrogen-bond acceptors (Lipinski definition) is 3. The Hall–Kier alpha value is -3.28. The lowest BCUT2D eigenvalue weighted by Gasteiger charge is -2.12. The van der Waals surface area contributed by atoms with Gasteiger partial charge in [0.1, 0.15) is 11.6 Å². The Morgan fingerprint density at radius 3 is 2.71 bits per heavy atom. The Labute approximate surface area is 166 Å². The molecule has 0 aliphatic carbocycles. The minimum atomic E-state index is 0.574. The molecule has 0 amide bonds. The quantitative estimate of drug-likeness (QED) is 0.436. The summed E-state index contributed by atoms with van der Waals surface area (Å²) in [5.41, 5.74) is 4.50. The third-order valence-corrected chi connectivity index (χ3v) is 4.54. The van der Waals surface area contributed by atoms with Crippen molar-refractivity contribution in [1.82, 2.24) is 20.6 Å². The summed E-state index contributed by atoms with van der Waals surface area (Å²) in [5.74, 6) is 2.54. The molecule has 0 saturated heterocycles. The van der Waals surface area contributed by atoms with Gasteiger partial charge >= 0.3 is 0 Å². The number of ether oxygens (including phenoxy) is 1. The Kier molecular flexibility index (Phi) is 6.68. The second kappa shape index (κ2) is 9.60. The summed E-state index contributed by atoms with van der Waals surface area (Å²) in [4.78, 5) is 12.1. The average molecular weight is 377 g/mol. The van der Waals surface area contributed by atoms with E-state index in [0.29, 0.717) is 6.54 Å². The standard InChI is InChI=1S/C22H27N5O/c1-16-9-10-17(13-20(16)28-3)11-12-24-22(23-2)26-15-21-25-14-19(27-21)18-7-5-4-6-8-18/h4-10,13-14H,11-12,15H2,1-3H3,(H,25,27)(H2,23,24,26). The van der Waals surface area contributed by atoms with Crippen LogP contribution in [-0.2, 0) is 13.0 Å². The smallest absolute Gasteiger partial charge is 0.191 e. The van der Waals surface area contributed by atoms with Crippen molar-refractivity contribution in [1.29, 1.82) is 0 Å². The van der Waals surface area contributed by atoms with E-state index in [1.165, 1.54) is 5.56 Å². The van der Waals surface area contributed by atoms with E-state index in [1.54, 1.807) is 14.2 Å². The fourth-order valence-corrected chi connectivity index (χ4v) is 2.95. The second-order valence-electron chi connectivity index (χ2n) is 6.52. The van der Waals surface area contributed by atoms with Gasteiger partial charge in [0.2, 0.25) is 0 Å². The van der Waals surface area contributed by atoms with Gasteiger partial charge in [-0.15, -0.1) is 0 Å². The van der Waals surface area contributed by atoms with Gasteiger partial charge in [0.25, 0.3) is 0 Å². The van der Waals surface area contributed by atoms with Crippen LogP contribution < -0.4 is 15.4 Å². The third-order valence-electron chi connectivity index (χ3n) is 4.54. The molecule has 3 rings (SSSR count). The van der Waals surface area contributed by atoms with Crippen LogP contribution in [0.25, 0.3) is 11.3 Å². The number of methoxy groups -OCH3 is 1. The molecule has 0 unspecified atom stereocenters. The number of nitrogens with one attached hydrogen (secondary N) is 3. The molecule has 6 heteroatoms. The molecule has 0 radical (unpaired) electrons. The molecule has 0 aliphatic rings. The zero-order chi connectivity index (χ0) is 19.8. The Bertz CT molecular complexity index is 918. The van der Waals surface area contributed by atoms with E-state index in [-0.39, 0.29) is 0 Å². The fourth-order valence-electron chi connectivity index (χ4n) is 2.95. The maximum absolute atomic E-state index is 5.39. The minimum absolute atomic E-state index is 0.574. The van der Waals surface area contributed by atoms with Crippen molar-refractivity contribution in [2.45, 2.75) is 19.9 Å². The van der Waals surface area contributed by atoms with Gasteiger partial charge in [-0.1, -0.05) is 42.5 Å². The van der Waals surface area contributed by atoms with Crippen LogP contribution in [0.1, 0.15) is 17.0 Å². The zero-order valence-corrected chi connectivity index (χ0v) is 16.6. The molecule has 0 bridgehead atoms. The topological polar surface area (TPSA) is 74.3 Å². The van der Waals surface area contributed by atoms with Gasteiger partial charge < -0.3 is 20.4 Å². The molecule has 6 nitrogen and oxygen atoms in total. The monoisotopic (exact) mass is 377 g/mol. The van der Waals surface area contributed by atoms with Crippen molar-refractivity contribution < 1.29 is 4.74 Å². The second-order valence-corrected chi connectivity index (χ2v) is 6.52. The molecule has 0 aliphatic heterocycles. The van der Waals surface area contributed by atoms with Gasteiger partial charge in [-0.2, -0.15) is 0 Å². The predicted molar refractivity (Wildman–Crippen MR) is 114 cm³/mol. The fraction of sp³-hybridized carbons (Fsp3) is 0.273. The van der Waals surface area contributed by atoms with Crippen LogP contribution >= 0.6 is 0 Å². The number of rotatable bonds is 7. The van der Waals surface area contributed by atoms with Crippen LogP contribution in [-0.4, -0.2) is 36.6 Å². The van der Waals surface area contributed by atoms with Crippen LogP contribution in [0.2, 0.25) is 0 Å². The van der Waals surface area contributed by atoms with Gasteiger partial charge in [0.15, 0.2) is 5.96 Å². The molecule has 3 N–H and O–H groups in total. The predicted octanol–water partition coefficient (Wildman–Crippen LogP) is 3.30. The average Bonchev–Trinajstić information content (AvgIpc) is 3.21. The summed E-state index contributed by atoms with van der Waals surface area (Å²) in [6.45, 7) is 3.40. The molecule has 1 aromatic heterocycles. The van der Waals surface area contributed by atoms with E-state index in [9.17, 15) is 0 Å². The number of guanidine groups is 1. The van der Waals surface area contributed by atoms with Gasteiger partial charge in [0, 0.05) is 13.6 Å². The molecule has 2 aromatic carbocycles. The first-order valence-electron chi connectivity index (χ1n) is 9.37. The molecular weight excluding hydrogens is 350 g/mol. The summed E-state index contributed by atoms with van der Waals surface area (Å²) in [7, 11) is 3.47. The van der Waals surface area contributed by atoms with Crippen LogP contribution in [0.15, 0.2) is 59.7 Å². The largest absolute Gasteiger partial charge is 0.496 e. The van der Waals surface area contributed by atoms with Crippen molar-refractivity contribution in [2.75, 3.05) is 20.7 Å². The molecule has 3 aromatic rings. The summed E-state index contributed by atoms with van der Waals surface area (Å²) < 4.78 is 5.39. The first-order valence-corrected chi connectivity index (χ1v) is 9.37. The van der Waals surface area contributed by atoms with Gasteiger partial charge in [0.05, 0.1) is 25.5 Å². The highest BCUT2D eigenvalue weighted by molar-refractivity contribution is 5.79. The van der Waals surface area contributed by atoms with E-state index < -0.39 is 0 Å². The number of aryl methyl sites for hydroxylation is 1. The number of imidazole rings is 1. The summed E-state index contributed by atoms with van der Waals surface area (Å²) >= 11 is 0. The normalized spacial score (nSPS) is 11.3. The van der Waals surface area contributed by atoms with Crippen LogP contribution in [0, 0.1) is 6.92 Å². The van der Waals surface area contributed by atoms with Crippen molar-refractivity contribution in [3.8, 4) is 17.0 Å². The molecule has 0 fully saturated rings. The molecule has 0 saturated carbocycles. The molecule has 0 atom stereocenters. The van der Waals surface area contributed by atoms with Crippen molar-refractivity contribution in [3.05, 3.63) is 71.7 Å². The highest BCUT2D eigenvalue weighted by Crippen LogP contribution is 2.19. The molecule has 1 heterocycles. The lowest BCUT2D eigenvalue weighted by atomic mass is 10.1. The van der Waals surface area contributed by atoms with E-state index in [4.69, 9.17) is 4.74 Å². The Morgan fingerprint density at radius 1 is 1.14 bits per heavy atom. The first kappa shape index (κ1) is 19.5. The van der Waals surface area contributed by atoms with Crippen LogP contribution in [0.5, 0.6) is 5.75 Å². The lowest BCUT2D eigenvalue weighted by molar-refractivity contribution is 0.411. The van der Waals surface area contributed by atoms with Gasteiger partial charge in [-0.05, 0) is 36.1 Å². The first-order chi connectivity index (χ1) is 13.7. The molecule has 146 valence electrons. The summed E-state index contributed by atoms with van der Waals surface area (Å²) in [6.07, 6.45) is 2.74. The van der Waals surface area contributed by atoms with E-state index in [2.05, 4.69) is 55.9 Å². The van der Waals surface area contributed by atoms with Crippen molar-refractivity contribution >= 4 is 5.96 Å². The van der Waals surface area contributed by atoms with E-state index in [0.717, 1.165) is 47.3 Å². The van der Waals surface area contributed by atoms with E-state index in [1.807, 2.05) is 31.3 Å². The summed E-state index contributed by atoms with van der Waals surface area (Å²) in [6, 6.07) is 16.5. The van der Waals surface area contributed by atoms with Crippen molar-refractivity contribution in [2.24, 2.45) is 4.99 Å². The lowest BCUT2D eigenvalue weighted by Crippen LogP contribution is -2.38. The number of hydrogen-bond donors (Lipinski definition) is 3. The molecule has 28 heavy (non-hydrogen) atoms. The maximum atomic E-state index is 5.39. The third kappa shape index (κ3) is 5.13. The Balaban J connectivity index is 1.48. The molecule has 0 spiro atoms. The molecular formula is C22H27N5O. The number of aromatic amines is 1. The van der Waals surface area contributed by atoms with Crippen molar-refractivity contribution in [3.63, 3.8) is 0 Å². The number of aliphatic imine (C=N–C) groups is 1. The number of nitrogens with zero attached hydrogens (tertiary/aromatic N) is 2. The van der Waals surface area contributed by atoms with Gasteiger partial charge in [-0.25, -0.2) is 4.98 Å². The van der Waals surface area contributed by atoms with Crippen LogP contribution in [0.4, 0.5) is 0 Å². The SMILES string of the molecule is CN=C(NCCc1ccc(C)c(OC)c1)NCc1ncc(-c2ccccc2)[nH]1. The minimum Gasteiger partial charge on any atom is -0.496 e. The highest BCUT2D eigenvalue weighted by Gasteiger charge is 2.05. The Morgan fingerprint density at radius 2 is 1.96 bits per heavy atom. The highest BCUT2D eigenvalue weighted by atomic mass is 16.5. The zero-order valence-electron chi connectivity index (χ0n) is 16.6. The van der Waals surface area contributed by atoms with Crippen LogP contribution in [0.3, 0.4) is 0 Å². The van der Waals surface area contributed by atoms with E-state index >= 15 is 0 Å². The van der Waals surface area contributed by atoms with Gasteiger partial charge in [-0.3, -0.25) is 4.99 Å². The number of aromatic nitrogens is 2. The maximum Gasteiger partial charge on any atom is 0.191 e. The number of benzene rings is 2. The number of H-pyrrole nitrogens is 1. The summed E-state index contributed by atoms with van der Waals surface area (Å²) in [5, 5.41) is 6.62.